The first kappa shape index (κ1) is 11.8. The van der Waals surface area contributed by atoms with Gasteiger partial charge in [0.25, 0.3) is 0 Å². The molecule has 1 unspecified atom stereocenters. The number of rotatable bonds is 3. The summed E-state index contributed by atoms with van der Waals surface area (Å²) in [5.41, 5.74) is 7.20. The van der Waals surface area contributed by atoms with Gasteiger partial charge in [-0.25, -0.2) is 4.39 Å². The number of nitrogen functional groups attached to an aromatic ring is 1. The summed E-state index contributed by atoms with van der Waals surface area (Å²) in [5, 5.41) is 0. The summed E-state index contributed by atoms with van der Waals surface area (Å²) in [6.07, 6.45) is 0. The fraction of sp³-hybridized carbons (Fsp3) is 0.500. The second-order valence-electron chi connectivity index (χ2n) is 4.30. The van der Waals surface area contributed by atoms with Gasteiger partial charge in [0.2, 0.25) is 0 Å². The van der Waals surface area contributed by atoms with Crippen LogP contribution in [0.2, 0.25) is 0 Å². The molecule has 0 heterocycles. The van der Waals surface area contributed by atoms with E-state index in [9.17, 15) is 4.39 Å². The van der Waals surface area contributed by atoms with Crippen LogP contribution in [0.15, 0.2) is 18.2 Å². The van der Waals surface area contributed by atoms with Gasteiger partial charge in [0.1, 0.15) is 5.82 Å². The Balaban J connectivity index is 2.99. The molecule has 0 saturated heterocycles. The first-order valence-corrected chi connectivity index (χ1v) is 5.21. The molecule has 2 nitrogen and oxygen atoms in total. The van der Waals surface area contributed by atoms with Crippen molar-refractivity contribution in [3.05, 3.63) is 24.0 Å². The summed E-state index contributed by atoms with van der Waals surface area (Å²) in [6, 6.07) is 4.80. The van der Waals surface area contributed by atoms with Gasteiger partial charge < -0.3 is 10.6 Å². The van der Waals surface area contributed by atoms with Crippen molar-refractivity contribution in [3.8, 4) is 0 Å². The van der Waals surface area contributed by atoms with Crippen LogP contribution in [0, 0.1) is 11.7 Å². The van der Waals surface area contributed by atoms with Crippen LogP contribution in [0.25, 0.3) is 0 Å². The van der Waals surface area contributed by atoms with E-state index in [4.69, 9.17) is 5.73 Å². The molecule has 1 aromatic rings. The van der Waals surface area contributed by atoms with Gasteiger partial charge in [0.15, 0.2) is 0 Å². The predicted octanol–water partition coefficient (Wildman–Crippen LogP) is 2.89. The predicted molar refractivity (Wildman–Crippen MR) is 63.5 cm³/mol. The zero-order chi connectivity index (χ0) is 11.6. The van der Waals surface area contributed by atoms with Crippen molar-refractivity contribution in [1.29, 1.82) is 0 Å². The maximum absolute atomic E-state index is 13.1. The molecule has 3 heteroatoms. The zero-order valence-corrected chi connectivity index (χ0v) is 9.79. The number of benzene rings is 1. The van der Waals surface area contributed by atoms with Gasteiger partial charge in [-0.1, -0.05) is 13.8 Å². The van der Waals surface area contributed by atoms with Crippen LogP contribution in [0.4, 0.5) is 15.8 Å². The molecule has 0 radical (unpaired) electrons. The lowest BCUT2D eigenvalue weighted by molar-refractivity contribution is 0.505. The molecule has 0 spiro atoms. The molecule has 0 aliphatic heterocycles. The lowest BCUT2D eigenvalue weighted by atomic mass is 10.0. The molecule has 1 aromatic carbocycles. The molecular formula is C12H19FN2. The number of nitrogens with zero attached hydrogens (tertiary/aromatic N) is 1. The molecule has 0 bridgehead atoms. The van der Waals surface area contributed by atoms with Crippen LogP contribution in [0.3, 0.4) is 0 Å². The van der Waals surface area contributed by atoms with Crippen LogP contribution in [-0.2, 0) is 0 Å². The van der Waals surface area contributed by atoms with E-state index in [0.717, 1.165) is 5.69 Å². The molecule has 0 fully saturated rings. The second kappa shape index (κ2) is 4.51. The van der Waals surface area contributed by atoms with Gasteiger partial charge in [-0.05, 0) is 31.0 Å². The topological polar surface area (TPSA) is 29.3 Å². The molecule has 15 heavy (non-hydrogen) atoms. The normalized spacial score (nSPS) is 12.9. The average Bonchev–Trinajstić information content (AvgIpc) is 2.19. The van der Waals surface area contributed by atoms with Crippen LogP contribution in [-0.4, -0.2) is 13.1 Å². The van der Waals surface area contributed by atoms with Crippen LogP contribution in [0.1, 0.15) is 20.8 Å². The number of halogens is 1. The Morgan fingerprint density at radius 3 is 2.40 bits per heavy atom. The standard InChI is InChI=1S/C12H19FN2/c1-8(2)9(3)15(4)12-7-10(13)5-6-11(12)14/h5-9H,14H2,1-4H3. The van der Waals surface area contributed by atoms with E-state index in [2.05, 4.69) is 20.8 Å². The van der Waals surface area contributed by atoms with Crippen molar-refractivity contribution in [1.82, 2.24) is 0 Å². The summed E-state index contributed by atoms with van der Waals surface area (Å²) in [5.74, 6) is 0.250. The molecule has 0 amide bonds. The molecule has 1 rings (SSSR count). The van der Waals surface area contributed by atoms with Crippen molar-refractivity contribution >= 4 is 11.4 Å². The molecule has 0 aliphatic carbocycles. The Morgan fingerprint density at radius 1 is 1.27 bits per heavy atom. The van der Waals surface area contributed by atoms with E-state index >= 15 is 0 Å². The first-order chi connectivity index (χ1) is 6.93. The third-order valence-corrected chi connectivity index (χ3v) is 2.95. The summed E-state index contributed by atoms with van der Waals surface area (Å²) >= 11 is 0. The highest BCUT2D eigenvalue weighted by atomic mass is 19.1. The first-order valence-electron chi connectivity index (χ1n) is 5.21. The summed E-state index contributed by atoms with van der Waals surface area (Å²) in [6.45, 7) is 6.38. The van der Waals surface area contributed by atoms with Gasteiger partial charge in [-0.2, -0.15) is 0 Å². The maximum atomic E-state index is 13.1. The van der Waals surface area contributed by atoms with E-state index in [1.54, 1.807) is 6.07 Å². The Bertz CT molecular complexity index is 336. The van der Waals surface area contributed by atoms with Gasteiger partial charge in [-0.15, -0.1) is 0 Å². The van der Waals surface area contributed by atoms with Crippen LogP contribution in [0.5, 0.6) is 0 Å². The zero-order valence-electron chi connectivity index (χ0n) is 9.79. The molecular weight excluding hydrogens is 191 g/mol. The molecule has 2 N–H and O–H groups in total. The summed E-state index contributed by atoms with van der Waals surface area (Å²) in [7, 11) is 1.94. The largest absolute Gasteiger partial charge is 0.397 e. The lowest BCUT2D eigenvalue weighted by Gasteiger charge is -2.30. The molecule has 0 aliphatic rings. The Hall–Kier alpha value is -1.25. The maximum Gasteiger partial charge on any atom is 0.125 e. The molecule has 84 valence electrons. The highest BCUT2D eigenvalue weighted by molar-refractivity contribution is 5.67. The van der Waals surface area contributed by atoms with E-state index in [1.807, 2.05) is 11.9 Å². The van der Waals surface area contributed by atoms with E-state index in [-0.39, 0.29) is 5.82 Å². The van der Waals surface area contributed by atoms with Gasteiger partial charge in [0, 0.05) is 13.1 Å². The van der Waals surface area contributed by atoms with Crippen molar-refractivity contribution < 1.29 is 4.39 Å². The smallest absolute Gasteiger partial charge is 0.125 e. The third-order valence-electron chi connectivity index (χ3n) is 2.95. The molecule has 1 atom stereocenters. The number of hydrogen-bond acceptors (Lipinski definition) is 2. The van der Waals surface area contributed by atoms with Crippen molar-refractivity contribution in [2.75, 3.05) is 17.7 Å². The van der Waals surface area contributed by atoms with Crippen LogP contribution < -0.4 is 10.6 Å². The van der Waals surface area contributed by atoms with Gasteiger partial charge in [-0.3, -0.25) is 0 Å². The third kappa shape index (κ3) is 2.61. The summed E-state index contributed by atoms with van der Waals surface area (Å²) in [4.78, 5) is 2.02. The number of nitrogens with two attached hydrogens (primary N) is 1. The Labute approximate surface area is 90.9 Å². The minimum atomic E-state index is -0.248. The highest BCUT2D eigenvalue weighted by Gasteiger charge is 2.15. The Morgan fingerprint density at radius 2 is 1.87 bits per heavy atom. The van der Waals surface area contributed by atoms with Crippen molar-refractivity contribution in [2.45, 2.75) is 26.8 Å². The van der Waals surface area contributed by atoms with E-state index < -0.39 is 0 Å². The molecule has 0 saturated carbocycles. The second-order valence-corrected chi connectivity index (χ2v) is 4.30. The van der Waals surface area contributed by atoms with Crippen molar-refractivity contribution in [3.63, 3.8) is 0 Å². The average molecular weight is 210 g/mol. The fourth-order valence-electron chi connectivity index (χ4n) is 1.49. The Kier molecular flexibility index (Phi) is 3.56. The van der Waals surface area contributed by atoms with Crippen molar-refractivity contribution in [2.24, 2.45) is 5.92 Å². The lowest BCUT2D eigenvalue weighted by Crippen LogP contribution is -2.33. The van der Waals surface area contributed by atoms with E-state index in [1.165, 1.54) is 12.1 Å². The summed E-state index contributed by atoms with van der Waals surface area (Å²) < 4.78 is 13.1. The minimum Gasteiger partial charge on any atom is -0.397 e. The molecule has 0 aromatic heterocycles. The van der Waals surface area contributed by atoms with Gasteiger partial charge >= 0.3 is 0 Å². The SMILES string of the molecule is CC(C)C(C)N(C)c1cc(F)ccc1N. The fourth-order valence-corrected chi connectivity index (χ4v) is 1.49. The van der Waals surface area contributed by atoms with Crippen LogP contribution >= 0.6 is 0 Å². The monoisotopic (exact) mass is 210 g/mol. The quantitative estimate of drug-likeness (QED) is 0.777. The highest BCUT2D eigenvalue weighted by Crippen LogP contribution is 2.26. The number of hydrogen-bond donors (Lipinski definition) is 1. The van der Waals surface area contributed by atoms with Gasteiger partial charge in [0.05, 0.1) is 11.4 Å². The van der Waals surface area contributed by atoms with E-state index in [0.29, 0.717) is 17.6 Å². The number of anilines is 2. The minimum absolute atomic E-state index is 0.248.